The third kappa shape index (κ3) is 1.96. The average molecular weight is 153 g/mol. The van der Waals surface area contributed by atoms with E-state index in [4.69, 9.17) is 0 Å². The lowest BCUT2D eigenvalue weighted by atomic mass is 9.92. The summed E-state index contributed by atoms with van der Waals surface area (Å²) in [4.78, 5) is 0. The number of hydrogen-bond donors (Lipinski definition) is 1. The molecule has 0 bridgehead atoms. The van der Waals surface area contributed by atoms with E-state index in [0.717, 1.165) is 17.8 Å². The van der Waals surface area contributed by atoms with Gasteiger partial charge < -0.3 is 5.32 Å². The highest BCUT2D eigenvalue weighted by molar-refractivity contribution is 4.82. The monoisotopic (exact) mass is 153 g/mol. The predicted molar refractivity (Wildman–Crippen MR) is 47.5 cm³/mol. The fraction of sp³-hybridized carbons (Fsp3) is 1.00. The van der Waals surface area contributed by atoms with Crippen molar-refractivity contribution >= 4 is 0 Å². The topological polar surface area (TPSA) is 12.0 Å². The fourth-order valence-corrected chi connectivity index (χ4v) is 2.30. The van der Waals surface area contributed by atoms with Gasteiger partial charge in [-0.05, 0) is 56.5 Å². The molecule has 1 saturated heterocycles. The van der Waals surface area contributed by atoms with E-state index in [1.165, 1.54) is 38.8 Å². The summed E-state index contributed by atoms with van der Waals surface area (Å²) in [6, 6.07) is 0. The average Bonchev–Trinajstić information content (AvgIpc) is 2.73. The van der Waals surface area contributed by atoms with E-state index >= 15 is 0 Å². The van der Waals surface area contributed by atoms with Crippen LogP contribution in [0.5, 0.6) is 0 Å². The van der Waals surface area contributed by atoms with Gasteiger partial charge in [-0.2, -0.15) is 0 Å². The van der Waals surface area contributed by atoms with Crippen molar-refractivity contribution in [2.45, 2.75) is 32.6 Å². The van der Waals surface area contributed by atoms with Gasteiger partial charge in [0.1, 0.15) is 0 Å². The maximum absolute atomic E-state index is 3.44. The van der Waals surface area contributed by atoms with E-state index in [1.807, 2.05) is 0 Å². The SMILES string of the molecule is CC(CC1CCNC1)C1CC1. The first-order chi connectivity index (χ1) is 5.36. The molecule has 1 heteroatoms. The fourth-order valence-electron chi connectivity index (χ4n) is 2.30. The molecular weight excluding hydrogens is 134 g/mol. The van der Waals surface area contributed by atoms with Gasteiger partial charge in [0, 0.05) is 0 Å². The molecule has 2 atom stereocenters. The lowest BCUT2D eigenvalue weighted by Gasteiger charge is -2.14. The molecule has 1 aliphatic carbocycles. The van der Waals surface area contributed by atoms with Crippen LogP contribution < -0.4 is 5.32 Å². The molecule has 0 aromatic heterocycles. The minimum absolute atomic E-state index is 1.01. The first-order valence-corrected chi connectivity index (χ1v) is 5.07. The van der Waals surface area contributed by atoms with Gasteiger partial charge in [-0.25, -0.2) is 0 Å². The van der Waals surface area contributed by atoms with Crippen molar-refractivity contribution in [3.8, 4) is 0 Å². The standard InChI is InChI=1S/C10H19N/c1-8(10-2-3-10)6-9-4-5-11-7-9/h8-11H,2-7H2,1H3. The van der Waals surface area contributed by atoms with E-state index in [1.54, 1.807) is 0 Å². The Morgan fingerprint density at radius 1 is 1.36 bits per heavy atom. The first-order valence-electron chi connectivity index (χ1n) is 5.07. The quantitative estimate of drug-likeness (QED) is 0.654. The molecule has 2 rings (SSSR count). The van der Waals surface area contributed by atoms with Gasteiger partial charge in [-0.15, -0.1) is 0 Å². The smallest absolute Gasteiger partial charge is 0.00199 e. The Labute approximate surface area is 69.6 Å². The maximum atomic E-state index is 3.44. The zero-order valence-electron chi connectivity index (χ0n) is 7.47. The van der Waals surface area contributed by atoms with Crippen molar-refractivity contribution in [2.24, 2.45) is 17.8 Å². The molecule has 2 unspecified atom stereocenters. The molecule has 0 radical (unpaired) electrons. The largest absolute Gasteiger partial charge is 0.316 e. The van der Waals surface area contributed by atoms with Crippen molar-refractivity contribution in [2.75, 3.05) is 13.1 Å². The number of nitrogens with one attached hydrogen (secondary N) is 1. The van der Waals surface area contributed by atoms with Crippen LogP contribution in [-0.2, 0) is 0 Å². The van der Waals surface area contributed by atoms with Crippen LogP contribution in [0.3, 0.4) is 0 Å². The highest BCUT2D eigenvalue weighted by atomic mass is 14.9. The lowest BCUT2D eigenvalue weighted by Crippen LogP contribution is -2.12. The van der Waals surface area contributed by atoms with E-state index in [0.29, 0.717) is 0 Å². The Hall–Kier alpha value is -0.0400. The molecule has 2 fully saturated rings. The Bertz CT molecular complexity index is 123. The minimum Gasteiger partial charge on any atom is -0.316 e. The second kappa shape index (κ2) is 3.14. The van der Waals surface area contributed by atoms with Gasteiger partial charge in [0.15, 0.2) is 0 Å². The molecule has 11 heavy (non-hydrogen) atoms. The van der Waals surface area contributed by atoms with Gasteiger partial charge in [0.25, 0.3) is 0 Å². The third-order valence-corrected chi connectivity index (χ3v) is 3.29. The second-order valence-electron chi connectivity index (χ2n) is 4.41. The van der Waals surface area contributed by atoms with Crippen molar-refractivity contribution in [3.05, 3.63) is 0 Å². The van der Waals surface area contributed by atoms with Crippen molar-refractivity contribution in [1.29, 1.82) is 0 Å². The molecule has 1 aliphatic heterocycles. The molecule has 0 aromatic carbocycles. The molecule has 1 nitrogen and oxygen atoms in total. The Morgan fingerprint density at radius 2 is 2.18 bits per heavy atom. The van der Waals surface area contributed by atoms with Crippen molar-refractivity contribution in [3.63, 3.8) is 0 Å². The summed E-state index contributed by atoms with van der Waals surface area (Å²) in [6.45, 7) is 5.00. The van der Waals surface area contributed by atoms with Crippen LogP contribution in [0.1, 0.15) is 32.6 Å². The molecule has 64 valence electrons. The van der Waals surface area contributed by atoms with E-state index < -0.39 is 0 Å². The van der Waals surface area contributed by atoms with E-state index in [9.17, 15) is 0 Å². The zero-order valence-corrected chi connectivity index (χ0v) is 7.47. The Balaban J connectivity index is 1.70. The molecule has 1 saturated carbocycles. The van der Waals surface area contributed by atoms with Gasteiger partial charge in [-0.1, -0.05) is 6.92 Å². The van der Waals surface area contributed by atoms with Crippen LogP contribution in [0.4, 0.5) is 0 Å². The third-order valence-electron chi connectivity index (χ3n) is 3.29. The maximum Gasteiger partial charge on any atom is -0.00199 e. The molecule has 1 heterocycles. The Kier molecular flexibility index (Phi) is 2.17. The summed E-state index contributed by atoms with van der Waals surface area (Å²) in [5.74, 6) is 3.13. The summed E-state index contributed by atoms with van der Waals surface area (Å²) < 4.78 is 0. The molecule has 1 N–H and O–H groups in total. The number of hydrogen-bond acceptors (Lipinski definition) is 1. The molecular formula is C10H19N. The zero-order chi connectivity index (χ0) is 7.68. The lowest BCUT2D eigenvalue weighted by molar-refractivity contribution is 0.379. The molecule has 0 spiro atoms. The van der Waals surface area contributed by atoms with E-state index in [2.05, 4.69) is 12.2 Å². The van der Waals surface area contributed by atoms with Gasteiger partial charge in [0.2, 0.25) is 0 Å². The van der Waals surface area contributed by atoms with Crippen LogP contribution in [0.25, 0.3) is 0 Å². The van der Waals surface area contributed by atoms with Gasteiger partial charge in [0.05, 0.1) is 0 Å². The number of rotatable bonds is 3. The van der Waals surface area contributed by atoms with E-state index in [-0.39, 0.29) is 0 Å². The van der Waals surface area contributed by atoms with Crippen LogP contribution >= 0.6 is 0 Å². The highest BCUT2D eigenvalue weighted by Crippen LogP contribution is 2.40. The van der Waals surface area contributed by atoms with Crippen LogP contribution in [0.2, 0.25) is 0 Å². The summed E-state index contributed by atoms with van der Waals surface area (Å²) in [5, 5.41) is 3.44. The summed E-state index contributed by atoms with van der Waals surface area (Å²) in [7, 11) is 0. The van der Waals surface area contributed by atoms with Crippen molar-refractivity contribution < 1.29 is 0 Å². The van der Waals surface area contributed by atoms with Crippen LogP contribution in [0.15, 0.2) is 0 Å². The highest BCUT2D eigenvalue weighted by Gasteiger charge is 2.30. The summed E-state index contributed by atoms with van der Waals surface area (Å²) in [6.07, 6.45) is 5.94. The summed E-state index contributed by atoms with van der Waals surface area (Å²) in [5.41, 5.74) is 0. The summed E-state index contributed by atoms with van der Waals surface area (Å²) >= 11 is 0. The molecule has 2 aliphatic rings. The van der Waals surface area contributed by atoms with Crippen LogP contribution in [0, 0.1) is 17.8 Å². The first kappa shape index (κ1) is 7.60. The van der Waals surface area contributed by atoms with Gasteiger partial charge >= 0.3 is 0 Å². The second-order valence-corrected chi connectivity index (χ2v) is 4.41. The minimum atomic E-state index is 1.01. The Morgan fingerprint density at radius 3 is 2.73 bits per heavy atom. The molecule has 0 amide bonds. The van der Waals surface area contributed by atoms with Crippen LogP contribution in [-0.4, -0.2) is 13.1 Å². The predicted octanol–water partition coefficient (Wildman–Crippen LogP) is 2.03. The van der Waals surface area contributed by atoms with Crippen molar-refractivity contribution in [1.82, 2.24) is 5.32 Å². The molecule has 0 aromatic rings. The normalized spacial score (nSPS) is 34.1. The van der Waals surface area contributed by atoms with Gasteiger partial charge in [-0.3, -0.25) is 0 Å².